The van der Waals surface area contributed by atoms with Crippen molar-refractivity contribution in [1.82, 2.24) is 5.32 Å². The number of hydrogen-bond donors (Lipinski definition) is 2. The van der Waals surface area contributed by atoms with Crippen LogP contribution in [-0.2, 0) is 9.53 Å². The Morgan fingerprint density at radius 3 is 2.75 bits per heavy atom. The Morgan fingerprint density at radius 2 is 2.31 bits per heavy atom. The molecule has 0 bridgehead atoms. The number of nitrogens with one attached hydrogen (secondary N) is 1. The third-order valence-electron chi connectivity index (χ3n) is 2.45. The zero-order chi connectivity index (χ0) is 12.2. The summed E-state index contributed by atoms with van der Waals surface area (Å²) in [6.07, 6.45) is 2.53. The molecule has 1 heterocycles. The Hall–Kier alpha value is -0.680. The lowest BCUT2D eigenvalue weighted by Gasteiger charge is -2.33. The molecule has 4 nitrogen and oxygen atoms in total. The first kappa shape index (κ1) is 13.4. The number of rotatable bonds is 5. The first-order chi connectivity index (χ1) is 7.53. The van der Waals surface area contributed by atoms with Crippen LogP contribution in [0.5, 0.6) is 0 Å². The summed E-state index contributed by atoms with van der Waals surface area (Å²) in [7, 11) is 0. The van der Waals surface area contributed by atoms with Crippen molar-refractivity contribution in [3.05, 3.63) is 11.6 Å². The van der Waals surface area contributed by atoms with Crippen molar-refractivity contribution in [2.45, 2.75) is 38.1 Å². The van der Waals surface area contributed by atoms with Crippen molar-refractivity contribution in [3.8, 4) is 0 Å². The fourth-order valence-electron chi connectivity index (χ4n) is 1.70. The van der Waals surface area contributed by atoms with Gasteiger partial charge in [-0.2, -0.15) is 0 Å². The minimum Gasteiger partial charge on any atom is -0.464 e. The highest BCUT2D eigenvalue weighted by molar-refractivity contribution is 8.04. The fraction of sp³-hybridized carbons (Fsp3) is 0.727. The molecule has 0 saturated carbocycles. The maximum Gasteiger partial charge on any atom is 0.344 e. The maximum atomic E-state index is 12.0. The van der Waals surface area contributed by atoms with Gasteiger partial charge < -0.3 is 15.8 Å². The van der Waals surface area contributed by atoms with Crippen molar-refractivity contribution < 1.29 is 9.53 Å². The molecular formula is C11H20N2O2S. The number of thioether (sulfide) groups is 1. The largest absolute Gasteiger partial charge is 0.464 e. The number of ether oxygens (including phenoxy) is 1. The van der Waals surface area contributed by atoms with Crippen LogP contribution in [0, 0.1) is 5.92 Å². The second kappa shape index (κ2) is 5.59. The molecule has 1 unspecified atom stereocenters. The van der Waals surface area contributed by atoms with Gasteiger partial charge in [-0.1, -0.05) is 25.6 Å². The third kappa shape index (κ3) is 2.71. The maximum absolute atomic E-state index is 12.0. The monoisotopic (exact) mass is 244 g/mol. The molecule has 0 amide bonds. The lowest BCUT2D eigenvalue weighted by atomic mass is 9.97. The molecule has 1 rings (SSSR count). The quantitative estimate of drug-likeness (QED) is 0.716. The van der Waals surface area contributed by atoms with Crippen LogP contribution in [0.25, 0.3) is 0 Å². The molecule has 0 aromatic heterocycles. The Kier molecular flexibility index (Phi) is 4.68. The summed E-state index contributed by atoms with van der Waals surface area (Å²) in [5.41, 5.74) is 6.12. The van der Waals surface area contributed by atoms with Crippen LogP contribution in [0.2, 0.25) is 0 Å². The molecular weight excluding hydrogens is 224 g/mol. The lowest BCUT2D eigenvalue weighted by Crippen LogP contribution is -2.58. The second-order valence-corrected chi connectivity index (χ2v) is 5.41. The highest BCUT2D eigenvalue weighted by Gasteiger charge is 2.47. The molecule has 0 saturated heterocycles. The minimum atomic E-state index is -0.833. The van der Waals surface area contributed by atoms with Gasteiger partial charge >= 0.3 is 5.97 Å². The Balaban J connectivity index is 2.76. The number of carbonyl (C=O) groups excluding carboxylic acids is 1. The van der Waals surface area contributed by atoms with E-state index in [9.17, 15) is 4.79 Å². The molecule has 16 heavy (non-hydrogen) atoms. The van der Waals surface area contributed by atoms with E-state index in [1.54, 1.807) is 13.1 Å². The zero-order valence-electron chi connectivity index (χ0n) is 10.0. The minimum absolute atomic E-state index is 0.258. The third-order valence-corrected chi connectivity index (χ3v) is 3.68. The standard InChI is InChI=1S/C11H20N2O2S/c1-4-15-10(14)11(13-5-6-16-11)9(12)7-8(2)3/h5-6,8-9,13H,4,7,12H2,1-3H3/t9-,11?/m0/s1. The van der Waals surface area contributed by atoms with E-state index < -0.39 is 4.87 Å². The highest BCUT2D eigenvalue weighted by Crippen LogP contribution is 2.34. The smallest absolute Gasteiger partial charge is 0.344 e. The van der Waals surface area contributed by atoms with E-state index in [1.165, 1.54) is 11.8 Å². The fourth-order valence-corrected chi connectivity index (χ4v) is 2.61. The van der Waals surface area contributed by atoms with Gasteiger partial charge in [-0.3, -0.25) is 0 Å². The summed E-state index contributed by atoms with van der Waals surface area (Å²) >= 11 is 1.40. The summed E-state index contributed by atoms with van der Waals surface area (Å²) in [5, 5.41) is 4.89. The van der Waals surface area contributed by atoms with Gasteiger partial charge in [-0.15, -0.1) is 0 Å². The predicted molar refractivity (Wildman–Crippen MR) is 66.7 cm³/mol. The summed E-state index contributed by atoms with van der Waals surface area (Å²) in [6, 6.07) is -0.258. The number of nitrogens with two attached hydrogens (primary N) is 1. The Morgan fingerprint density at radius 1 is 1.62 bits per heavy atom. The first-order valence-corrected chi connectivity index (χ1v) is 6.44. The normalized spacial score (nSPS) is 25.6. The predicted octanol–water partition coefficient (Wildman–Crippen LogP) is 1.43. The van der Waals surface area contributed by atoms with E-state index in [1.807, 2.05) is 5.41 Å². The zero-order valence-corrected chi connectivity index (χ0v) is 10.8. The molecule has 0 spiro atoms. The molecule has 0 radical (unpaired) electrons. The molecule has 0 aliphatic carbocycles. The van der Waals surface area contributed by atoms with E-state index >= 15 is 0 Å². The summed E-state index contributed by atoms with van der Waals surface area (Å²) in [6.45, 7) is 6.35. The van der Waals surface area contributed by atoms with Gasteiger partial charge in [0.05, 0.1) is 6.61 Å². The van der Waals surface area contributed by atoms with Gasteiger partial charge in [0.15, 0.2) is 0 Å². The Bertz CT molecular complexity index is 271. The van der Waals surface area contributed by atoms with Gasteiger partial charge in [0, 0.05) is 12.2 Å². The van der Waals surface area contributed by atoms with E-state index in [2.05, 4.69) is 19.2 Å². The number of hydrogen-bond acceptors (Lipinski definition) is 5. The molecule has 2 atom stereocenters. The molecule has 0 aromatic carbocycles. The molecule has 5 heteroatoms. The number of carbonyl (C=O) groups is 1. The van der Waals surface area contributed by atoms with Gasteiger partial charge in [-0.05, 0) is 24.7 Å². The first-order valence-electron chi connectivity index (χ1n) is 5.56. The molecule has 3 N–H and O–H groups in total. The van der Waals surface area contributed by atoms with E-state index in [0.29, 0.717) is 12.5 Å². The van der Waals surface area contributed by atoms with Crippen LogP contribution < -0.4 is 11.1 Å². The van der Waals surface area contributed by atoms with Crippen molar-refractivity contribution in [1.29, 1.82) is 0 Å². The van der Waals surface area contributed by atoms with Gasteiger partial charge in [-0.25, -0.2) is 4.79 Å². The highest BCUT2D eigenvalue weighted by atomic mass is 32.2. The summed E-state index contributed by atoms with van der Waals surface area (Å²) in [4.78, 5) is 11.1. The van der Waals surface area contributed by atoms with E-state index in [-0.39, 0.29) is 12.0 Å². The average molecular weight is 244 g/mol. The van der Waals surface area contributed by atoms with Crippen LogP contribution in [0.1, 0.15) is 27.2 Å². The van der Waals surface area contributed by atoms with Crippen LogP contribution >= 0.6 is 11.8 Å². The summed E-state index contributed by atoms with van der Waals surface area (Å²) in [5.74, 6) is 0.169. The van der Waals surface area contributed by atoms with Crippen LogP contribution in [0.3, 0.4) is 0 Å². The molecule has 1 aliphatic heterocycles. The van der Waals surface area contributed by atoms with Crippen molar-refractivity contribution >= 4 is 17.7 Å². The van der Waals surface area contributed by atoms with Crippen molar-refractivity contribution in [2.24, 2.45) is 11.7 Å². The van der Waals surface area contributed by atoms with Crippen LogP contribution in [0.4, 0.5) is 0 Å². The molecule has 92 valence electrons. The van der Waals surface area contributed by atoms with Crippen LogP contribution in [0.15, 0.2) is 11.6 Å². The van der Waals surface area contributed by atoms with E-state index in [4.69, 9.17) is 10.5 Å². The number of esters is 1. The molecule has 0 fully saturated rings. The van der Waals surface area contributed by atoms with Crippen molar-refractivity contribution in [3.63, 3.8) is 0 Å². The van der Waals surface area contributed by atoms with E-state index in [0.717, 1.165) is 6.42 Å². The Labute approximate surface area is 101 Å². The van der Waals surface area contributed by atoms with Gasteiger partial charge in [0.2, 0.25) is 4.87 Å². The lowest BCUT2D eigenvalue weighted by molar-refractivity contribution is -0.147. The summed E-state index contributed by atoms with van der Waals surface area (Å²) < 4.78 is 5.09. The molecule has 1 aliphatic rings. The van der Waals surface area contributed by atoms with Gasteiger partial charge in [0.25, 0.3) is 0 Å². The second-order valence-electron chi connectivity index (χ2n) is 4.26. The molecule has 0 aromatic rings. The topological polar surface area (TPSA) is 64.3 Å². The van der Waals surface area contributed by atoms with Crippen LogP contribution in [-0.4, -0.2) is 23.5 Å². The van der Waals surface area contributed by atoms with Crippen molar-refractivity contribution in [2.75, 3.05) is 6.61 Å². The average Bonchev–Trinajstić information content (AvgIpc) is 2.66. The SMILES string of the molecule is CCOC(=O)C1([C@@H](N)CC(C)C)NC=CS1. The van der Waals surface area contributed by atoms with Gasteiger partial charge in [0.1, 0.15) is 0 Å².